The molecule has 2 heterocycles. The quantitative estimate of drug-likeness (QED) is 0.920. The number of urea groups is 1. The SMILES string of the molecule is COC1(C(F)(F)F)CN(C(=O)Nc2cc3ccccc3nn2)C1. The van der Waals surface area contributed by atoms with E-state index in [0.717, 1.165) is 17.4 Å². The average Bonchev–Trinajstić information content (AvgIpc) is 2.45. The van der Waals surface area contributed by atoms with E-state index >= 15 is 0 Å². The van der Waals surface area contributed by atoms with Crippen molar-refractivity contribution in [3.63, 3.8) is 0 Å². The highest BCUT2D eigenvalue weighted by Crippen LogP contribution is 2.40. The Hall–Kier alpha value is -2.42. The second-order valence-electron chi connectivity index (χ2n) is 5.27. The van der Waals surface area contributed by atoms with Crippen molar-refractivity contribution < 1.29 is 22.7 Å². The summed E-state index contributed by atoms with van der Waals surface area (Å²) in [6, 6.07) is 8.10. The van der Waals surface area contributed by atoms with Crippen LogP contribution in [-0.4, -0.2) is 53.1 Å². The number of anilines is 1. The zero-order valence-electron chi connectivity index (χ0n) is 12.1. The van der Waals surface area contributed by atoms with Crippen molar-refractivity contribution in [2.45, 2.75) is 11.8 Å². The first-order chi connectivity index (χ1) is 10.8. The molecular weight excluding hydrogens is 313 g/mol. The Kier molecular flexibility index (Phi) is 3.59. The summed E-state index contributed by atoms with van der Waals surface area (Å²) in [6.45, 7) is -1.11. The maximum Gasteiger partial charge on any atom is 0.420 e. The summed E-state index contributed by atoms with van der Waals surface area (Å²) in [5.74, 6) is 0.177. The van der Waals surface area contributed by atoms with Gasteiger partial charge in [0.1, 0.15) is 0 Å². The van der Waals surface area contributed by atoms with Gasteiger partial charge in [-0.1, -0.05) is 18.2 Å². The Morgan fingerprint density at radius 3 is 2.65 bits per heavy atom. The van der Waals surface area contributed by atoms with E-state index < -0.39 is 30.9 Å². The molecule has 1 saturated heterocycles. The number of carbonyl (C=O) groups is 1. The van der Waals surface area contributed by atoms with E-state index in [-0.39, 0.29) is 5.82 Å². The van der Waals surface area contributed by atoms with Gasteiger partial charge in [-0.2, -0.15) is 13.2 Å². The number of methoxy groups -OCH3 is 1. The number of alkyl halides is 3. The average molecular weight is 326 g/mol. The van der Waals surface area contributed by atoms with Gasteiger partial charge in [0.15, 0.2) is 11.4 Å². The molecule has 0 spiro atoms. The number of amides is 2. The summed E-state index contributed by atoms with van der Waals surface area (Å²) in [5.41, 5.74) is -1.63. The molecular formula is C14H13F3N4O2. The molecule has 0 radical (unpaired) electrons. The maximum atomic E-state index is 12.9. The fourth-order valence-corrected chi connectivity index (χ4v) is 2.37. The number of benzene rings is 1. The molecule has 1 aromatic heterocycles. The number of fused-ring (bicyclic) bond motifs is 1. The minimum Gasteiger partial charge on any atom is -0.365 e. The zero-order chi connectivity index (χ0) is 16.7. The molecule has 1 aliphatic heterocycles. The first-order valence-electron chi connectivity index (χ1n) is 6.75. The van der Waals surface area contributed by atoms with Crippen molar-refractivity contribution in [3.05, 3.63) is 30.3 Å². The number of nitrogens with one attached hydrogen (secondary N) is 1. The van der Waals surface area contributed by atoms with E-state index in [1.807, 2.05) is 0 Å². The van der Waals surface area contributed by atoms with Gasteiger partial charge < -0.3 is 9.64 Å². The molecule has 0 bridgehead atoms. The van der Waals surface area contributed by atoms with Crippen LogP contribution in [0.15, 0.2) is 30.3 Å². The van der Waals surface area contributed by atoms with Gasteiger partial charge in [0, 0.05) is 12.5 Å². The van der Waals surface area contributed by atoms with Gasteiger partial charge in [-0.3, -0.25) is 5.32 Å². The van der Waals surface area contributed by atoms with Crippen LogP contribution < -0.4 is 5.32 Å². The van der Waals surface area contributed by atoms with E-state index in [2.05, 4.69) is 20.3 Å². The summed E-state index contributed by atoms with van der Waals surface area (Å²) >= 11 is 0. The van der Waals surface area contributed by atoms with E-state index in [4.69, 9.17) is 0 Å². The van der Waals surface area contributed by atoms with Crippen LogP contribution in [0.1, 0.15) is 0 Å². The van der Waals surface area contributed by atoms with Gasteiger partial charge in [-0.25, -0.2) is 4.79 Å². The number of ether oxygens (including phenoxy) is 1. The summed E-state index contributed by atoms with van der Waals surface area (Å²) in [6.07, 6.45) is -4.53. The predicted octanol–water partition coefficient (Wildman–Crippen LogP) is 2.42. The second kappa shape index (κ2) is 5.34. The molecule has 2 aromatic rings. The highest BCUT2D eigenvalue weighted by molar-refractivity contribution is 5.91. The molecule has 1 aliphatic rings. The molecule has 1 fully saturated rings. The summed E-state index contributed by atoms with van der Waals surface area (Å²) in [4.78, 5) is 13.0. The van der Waals surface area contributed by atoms with E-state index in [1.54, 1.807) is 30.3 Å². The van der Waals surface area contributed by atoms with Crippen molar-refractivity contribution in [2.75, 3.05) is 25.5 Å². The first-order valence-corrected chi connectivity index (χ1v) is 6.75. The number of hydrogen-bond donors (Lipinski definition) is 1. The van der Waals surface area contributed by atoms with Crippen LogP contribution in [0.2, 0.25) is 0 Å². The van der Waals surface area contributed by atoms with Crippen LogP contribution >= 0.6 is 0 Å². The molecule has 9 heteroatoms. The highest BCUT2D eigenvalue weighted by Gasteiger charge is 2.63. The molecule has 23 heavy (non-hydrogen) atoms. The van der Waals surface area contributed by atoms with Crippen LogP contribution in [-0.2, 0) is 4.74 Å². The summed E-state index contributed by atoms with van der Waals surface area (Å²) in [7, 11) is 0.984. The van der Waals surface area contributed by atoms with Crippen molar-refractivity contribution in [3.8, 4) is 0 Å². The minimum absolute atomic E-state index is 0.177. The Morgan fingerprint density at radius 1 is 1.30 bits per heavy atom. The zero-order valence-corrected chi connectivity index (χ0v) is 12.1. The monoisotopic (exact) mass is 326 g/mol. The van der Waals surface area contributed by atoms with Crippen LogP contribution in [0.25, 0.3) is 10.9 Å². The van der Waals surface area contributed by atoms with Gasteiger partial charge in [0.2, 0.25) is 0 Å². The van der Waals surface area contributed by atoms with Gasteiger partial charge in [0.05, 0.1) is 18.6 Å². The van der Waals surface area contributed by atoms with Crippen molar-refractivity contribution in [1.29, 1.82) is 0 Å². The molecule has 2 amide bonds. The first kappa shape index (κ1) is 15.5. The molecule has 0 atom stereocenters. The summed E-state index contributed by atoms with van der Waals surface area (Å²) in [5, 5.41) is 11.0. The van der Waals surface area contributed by atoms with Gasteiger partial charge in [-0.05, 0) is 12.1 Å². The molecule has 0 aliphatic carbocycles. The Morgan fingerprint density at radius 2 is 2.00 bits per heavy atom. The van der Waals surface area contributed by atoms with Gasteiger partial charge >= 0.3 is 12.2 Å². The molecule has 122 valence electrons. The fourth-order valence-electron chi connectivity index (χ4n) is 2.37. The predicted molar refractivity (Wildman–Crippen MR) is 75.9 cm³/mol. The number of likely N-dealkylation sites (tertiary alicyclic amines) is 1. The number of hydrogen-bond acceptors (Lipinski definition) is 4. The van der Waals surface area contributed by atoms with E-state index in [0.29, 0.717) is 5.52 Å². The number of halogens is 3. The Balaban J connectivity index is 1.68. The molecule has 0 unspecified atom stereocenters. The number of aromatic nitrogens is 2. The number of rotatable bonds is 2. The third-order valence-corrected chi connectivity index (χ3v) is 3.82. The third-order valence-electron chi connectivity index (χ3n) is 3.82. The number of nitrogens with zero attached hydrogens (tertiary/aromatic N) is 3. The maximum absolute atomic E-state index is 12.9. The lowest BCUT2D eigenvalue weighted by Crippen LogP contribution is -2.71. The van der Waals surface area contributed by atoms with Crippen molar-refractivity contribution in [2.24, 2.45) is 0 Å². The Labute approximate surface area is 129 Å². The smallest absolute Gasteiger partial charge is 0.365 e. The van der Waals surface area contributed by atoms with Gasteiger partial charge in [0.25, 0.3) is 0 Å². The molecule has 6 nitrogen and oxygen atoms in total. The lowest BCUT2D eigenvalue weighted by Gasteiger charge is -2.48. The molecule has 1 aromatic carbocycles. The fraction of sp³-hybridized carbons (Fsp3) is 0.357. The standard InChI is InChI=1S/C14H13F3N4O2/c1-23-13(14(15,16)17)7-21(8-13)12(22)18-11-6-9-4-2-3-5-10(9)19-20-11/h2-6H,7-8H2,1H3,(H,18,20,22). The van der Waals surface area contributed by atoms with Crippen LogP contribution in [0.4, 0.5) is 23.8 Å². The Bertz CT molecular complexity index is 744. The van der Waals surface area contributed by atoms with E-state index in [1.165, 1.54) is 0 Å². The van der Waals surface area contributed by atoms with Crippen LogP contribution in [0.5, 0.6) is 0 Å². The van der Waals surface area contributed by atoms with Crippen molar-refractivity contribution in [1.82, 2.24) is 15.1 Å². The van der Waals surface area contributed by atoms with Crippen LogP contribution in [0, 0.1) is 0 Å². The van der Waals surface area contributed by atoms with Crippen LogP contribution in [0.3, 0.4) is 0 Å². The number of carbonyl (C=O) groups excluding carboxylic acids is 1. The normalized spacial score (nSPS) is 17.0. The topological polar surface area (TPSA) is 67.3 Å². The molecule has 1 N–H and O–H groups in total. The largest absolute Gasteiger partial charge is 0.420 e. The molecule has 0 saturated carbocycles. The third kappa shape index (κ3) is 2.67. The second-order valence-corrected chi connectivity index (χ2v) is 5.27. The minimum atomic E-state index is -4.53. The van der Waals surface area contributed by atoms with Crippen molar-refractivity contribution >= 4 is 22.8 Å². The lowest BCUT2D eigenvalue weighted by atomic mass is 9.93. The summed E-state index contributed by atoms with van der Waals surface area (Å²) < 4.78 is 43.2. The highest BCUT2D eigenvalue weighted by atomic mass is 19.4. The van der Waals surface area contributed by atoms with E-state index in [9.17, 15) is 18.0 Å². The molecule has 3 rings (SSSR count). The lowest BCUT2D eigenvalue weighted by molar-refractivity contribution is -0.303. The van der Waals surface area contributed by atoms with Gasteiger partial charge in [-0.15, -0.1) is 10.2 Å².